The van der Waals surface area contributed by atoms with Crippen LogP contribution in [0.15, 0.2) is 83.9 Å². The first-order valence-corrected chi connectivity index (χ1v) is 12.7. The molecule has 3 aromatic carbocycles. The van der Waals surface area contributed by atoms with Crippen LogP contribution in [0.4, 0.5) is 5.69 Å². The van der Waals surface area contributed by atoms with E-state index in [0.29, 0.717) is 17.2 Å². The van der Waals surface area contributed by atoms with E-state index in [1.807, 2.05) is 99.6 Å². The van der Waals surface area contributed by atoms with Crippen molar-refractivity contribution in [1.29, 1.82) is 5.26 Å². The largest absolute Gasteiger partial charge is 0.494 e. The number of nitrogens with zero attached hydrogens (tertiary/aromatic N) is 2. The quantitative estimate of drug-likeness (QED) is 0.267. The molecule has 4 aromatic rings. The van der Waals surface area contributed by atoms with E-state index < -0.39 is 0 Å². The third-order valence-electron chi connectivity index (χ3n) is 5.86. The van der Waals surface area contributed by atoms with Crippen LogP contribution in [0.3, 0.4) is 0 Å². The van der Waals surface area contributed by atoms with Crippen molar-refractivity contribution in [1.82, 2.24) is 4.98 Å². The molecule has 0 unspecified atom stereocenters. The predicted molar refractivity (Wildman–Crippen MR) is 146 cm³/mol. The maximum atomic E-state index is 12.8. The molecular weight excluding hydrogens is 466 g/mol. The molecule has 0 bridgehead atoms. The molecule has 1 heterocycles. The van der Waals surface area contributed by atoms with Crippen molar-refractivity contribution in [3.63, 3.8) is 0 Å². The van der Waals surface area contributed by atoms with Crippen molar-refractivity contribution in [3.8, 4) is 34.2 Å². The lowest BCUT2D eigenvalue weighted by Gasteiger charge is -2.14. The Balaban J connectivity index is 1.67. The molecule has 1 amide bonds. The summed E-state index contributed by atoms with van der Waals surface area (Å²) < 4.78 is 5.57. The van der Waals surface area contributed by atoms with Crippen LogP contribution in [-0.4, -0.2) is 23.3 Å². The van der Waals surface area contributed by atoms with Gasteiger partial charge in [-0.1, -0.05) is 54.2 Å². The molecule has 5 nitrogen and oxygen atoms in total. The van der Waals surface area contributed by atoms with E-state index in [0.717, 1.165) is 44.9 Å². The molecule has 0 aliphatic rings. The third-order valence-corrected chi connectivity index (χ3v) is 6.84. The minimum absolute atomic E-state index is 0.135. The van der Waals surface area contributed by atoms with Crippen LogP contribution in [0.5, 0.6) is 5.75 Å². The van der Waals surface area contributed by atoms with Crippen molar-refractivity contribution in [3.05, 3.63) is 95.6 Å². The van der Waals surface area contributed by atoms with Gasteiger partial charge in [0.1, 0.15) is 16.8 Å². The van der Waals surface area contributed by atoms with Gasteiger partial charge in [0, 0.05) is 16.8 Å². The van der Waals surface area contributed by atoms with E-state index in [4.69, 9.17) is 9.72 Å². The van der Waals surface area contributed by atoms with Crippen molar-refractivity contribution < 1.29 is 9.53 Å². The fraction of sp³-hybridized carbons (Fsp3) is 0.167. The number of ether oxygens (including phenoxy) is 1. The number of nitrogens with one attached hydrogen (secondary N) is 1. The second kappa shape index (κ2) is 11.6. The summed E-state index contributed by atoms with van der Waals surface area (Å²) in [6, 6.07) is 27.6. The normalized spacial score (nSPS) is 10.5. The van der Waals surface area contributed by atoms with E-state index in [2.05, 4.69) is 11.4 Å². The number of nitriles is 1. The van der Waals surface area contributed by atoms with E-state index in [-0.39, 0.29) is 11.7 Å². The standard InChI is InChI=1S/C30H27N3O2S/c1-4-35-24-15-13-23(14-16-24)28-17-25(22-10-6-5-7-11-22)26(18-31)30(33-28)36-19-29(34)32-27-12-8-9-20(2)21(27)3/h5-17H,4,19H2,1-3H3,(H,32,34). The number of benzene rings is 3. The highest BCUT2D eigenvalue weighted by molar-refractivity contribution is 8.00. The van der Waals surface area contributed by atoms with Gasteiger partial charge in [0.05, 0.1) is 23.6 Å². The van der Waals surface area contributed by atoms with Crippen LogP contribution in [0.2, 0.25) is 0 Å². The summed E-state index contributed by atoms with van der Waals surface area (Å²) >= 11 is 1.27. The van der Waals surface area contributed by atoms with Crippen molar-refractivity contribution in [2.45, 2.75) is 25.8 Å². The minimum Gasteiger partial charge on any atom is -0.494 e. The topological polar surface area (TPSA) is 75.0 Å². The van der Waals surface area contributed by atoms with Crippen molar-refractivity contribution in [2.75, 3.05) is 17.7 Å². The molecule has 0 saturated carbocycles. The Morgan fingerprint density at radius 3 is 2.44 bits per heavy atom. The number of hydrogen-bond donors (Lipinski definition) is 1. The second-order valence-electron chi connectivity index (χ2n) is 8.25. The Labute approximate surface area is 216 Å². The summed E-state index contributed by atoms with van der Waals surface area (Å²) in [5, 5.41) is 13.6. The van der Waals surface area contributed by atoms with Gasteiger partial charge in [0.25, 0.3) is 0 Å². The molecule has 1 aromatic heterocycles. The van der Waals surface area contributed by atoms with Crippen molar-refractivity contribution in [2.24, 2.45) is 0 Å². The molecule has 0 fully saturated rings. The number of amides is 1. The van der Waals surface area contributed by atoms with E-state index in [1.165, 1.54) is 11.8 Å². The lowest BCUT2D eigenvalue weighted by molar-refractivity contribution is -0.113. The average molecular weight is 494 g/mol. The SMILES string of the molecule is CCOc1ccc(-c2cc(-c3ccccc3)c(C#N)c(SCC(=O)Nc3cccc(C)c3C)n2)cc1. The minimum atomic E-state index is -0.146. The first-order chi connectivity index (χ1) is 17.5. The zero-order valence-corrected chi connectivity index (χ0v) is 21.4. The molecule has 1 N–H and O–H groups in total. The summed E-state index contributed by atoms with van der Waals surface area (Å²) in [7, 11) is 0. The van der Waals surface area contributed by atoms with E-state index in [1.54, 1.807) is 0 Å². The highest BCUT2D eigenvalue weighted by Gasteiger charge is 2.17. The molecule has 0 spiro atoms. The van der Waals surface area contributed by atoms with Gasteiger partial charge in [-0.05, 0) is 73.9 Å². The van der Waals surface area contributed by atoms with Crippen LogP contribution in [0.1, 0.15) is 23.6 Å². The molecule has 0 saturated heterocycles. The first kappa shape index (κ1) is 25.0. The number of thioether (sulfide) groups is 1. The molecule has 36 heavy (non-hydrogen) atoms. The summed E-state index contributed by atoms with van der Waals surface area (Å²) in [6.45, 7) is 6.54. The average Bonchev–Trinajstić information content (AvgIpc) is 2.90. The lowest BCUT2D eigenvalue weighted by Crippen LogP contribution is -2.15. The highest BCUT2D eigenvalue weighted by Crippen LogP contribution is 2.34. The van der Waals surface area contributed by atoms with Crippen LogP contribution in [-0.2, 0) is 4.79 Å². The van der Waals surface area contributed by atoms with Crippen LogP contribution < -0.4 is 10.1 Å². The Morgan fingerprint density at radius 1 is 1.00 bits per heavy atom. The molecule has 180 valence electrons. The van der Waals surface area contributed by atoms with E-state index in [9.17, 15) is 10.1 Å². The molecule has 0 aliphatic carbocycles. The Bertz CT molecular complexity index is 1410. The summed E-state index contributed by atoms with van der Waals surface area (Å²) in [6.07, 6.45) is 0. The number of anilines is 1. The number of aromatic nitrogens is 1. The van der Waals surface area contributed by atoms with Crippen LogP contribution >= 0.6 is 11.8 Å². The summed E-state index contributed by atoms with van der Waals surface area (Å²) in [5.74, 6) is 0.777. The summed E-state index contributed by atoms with van der Waals surface area (Å²) in [4.78, 5) is 17.6. The monoisotopic (exact) mass is 493 g/mol. The lowest BCUT2D eigenvalue weighted by atomic mass is 9.99. The van der Waals surface area contributed by atoms with Crippen molar-refractivity contribution >= 4 is 23.4 Å². The van der Waals surface area contributed by atoms with Gasteiger partial charge in [-0.25, -0.2) is 4.98 Å². The number of pyridine rings is 1. The molecule has 0 radical (unpaired) electrons. The smallest absolute Gasteiger partial charge is 0.234 e. The zero-order chi connectivity index (χ0) is 25.5. The number of carbonyl (C=O) groups is 1. The molecule has 0 aliphatic heterocycles. The third kappa shape index (κ3) is 5.76. The van der Waals surface area contributed by atoms with Crippen LogP contribution in [0.25, 0.3) is 22.4 Å². The fourth-order valence-corrected chi connectivity index (χ4v) is 4.63. The molecule has 4 rings (SSSR count). The van der Waals surface area contributed by atoms with Gasteiger partial charge in [0.2, 0.25) is 5.91 Å². The zero-order valence-electron chi connectivity index (χ0n) is 20.5. The Morgan fingerprint density at radius 2 is 1.75 bits per heavy atom. The fourth-order valence-electron chi connectivity index (χ4n) is 3.82. The Hall–Kier alpha value is -4.08. The maximum absolute atomic E-state index is 12.8. The van der Waals surface area contributed by atoms with Gasteiger partial charge < -0.3 is 10.1 Å². The van der Waals surface area contributed by atoms with Gasteiger partial charge in [-0.15, -0.1) is 0 Å². The van der Waals surface area contributed by atoms with Gasteiger partial charge in [0.15, 0.2) is 0 Å². The maximum Gasteiger partial charge on any atom is 0.234 e. The molecule has 6 heteroatoms. The molecular formula is C30H27N3O2S. The van der Waals surface area contributed by atoms with Gasteiger partial charge >= 0.3 is 0 Å². The number of carbonyl (C=O) groups excluding carboxylic acids is 1. The van der Waals surface area contributed by atoms with Crippen LogP contribution in [0, 0.1) is 25.2 Å². The number of rotatable bonds is 8. The number of aryl methyl sites for hydroxylation is 1. The predicted octanol–water partition coefficient (Wildman–Crippen LogP) is 7.03. The van der Waals surface area contributed by atoms with Gasteiger partial charge in [-0.3, -0.25) is 4.79 Å². The summed E-state index contributed by atoms with van der Waals surface area (Å²) in [5.41, 5.74) is 6.75. The highest BCUT2D eigenvalue weighted by atomic mass is 32.2. The Kier molecular flexibility index (Phi) is 8.04. The van der Waals surface area contributed by atoms with Gasteiger partial charge in [-0.2, -0.15) is 5.26 Å². The first-order valence-electron chi connectivity index (χ1n) is 11.7. The van der Waals surface area contributed by atoms with E-state index >= 15 is 0 Å². The molecule has 0 atom stereocenters. The second-order valence-corrected chi connectivity index (χ2v) is 9.22. The number of hydrogen-bond acceptors (Lipinski definition) is 5.